The van der Waals surface area contributed by atoms with Gasteiger partial charge in [0.15, 0.2) is 0 Å². The number of halogens is 1. The van der Waals surface area contributed by atoms with Crippen molar-refractivity contribution in [1.29, 1.82) is 0 Å². The van der Waals surface area contributed by atoms with E-state index in [4.69, 9.17) is 5.73 Å². The van der Waals surface area contributed by atoms with Gasteiger partial charge in [-0.1, -0.05) is 39.0 Å². The highest BCUT2D eigenvalue weighted by Crippen LogP contribution is 2.30. The Kier molecular flexibility index (Phi) is 8.67. The van der Waals surface area contributed by atoms with Crippen molar-refractivity contribution in [2.75, 3.05) is 6.54 Å². The number of nitrogens with two attached hydrogens (primary N) is 1. The van der Waals surface area contributed by atoms with Crippen LogP contribution >= 0.6 is 12.4 Å². The van der Waals surface area contributed by atoms with E-state index in [9.17, 15) is 4.79 Å². The van der Waals surface area contributed by atoms with Crippen molar-refractivity contribution in [3.05, 3.63) is 0 Å². The van der Waals surface area contributed by atoms with Crippen LogP contribution in [0.25, 0.3) is 0 Å². The third-order valence-corrected chi connectivity index (χ3v) is 3.92. The molecule has 114 valence electrons. The first-order valence-corrected chi connectivity index (χ1v) is 7.49. The standard InChI is InChI=1S/C15H30N2O.ClH/c1-4-13(10-12-8-6-5-7-9-12)14(18)17-11-15(2,3)16;/h12-13H,4-11,16H2,1-3H3,(H,17,18);1H. The Morgan fingerprint density at radius 2 is 1.89 bits per heavy atom. The number of hydrogen-bond donors (Lipinski definition) is 2. The Balaban J connectivity index is 0.00000324. The summed E-state index contributed by atoms with van der Waals surface area (Å²) in [5, 5.41) is 3.00. The third-order valence-electron chi connectivity index (χ3n) is 3.92. The van der Waals surface area contributed by atoms with Crippen LogP contribution in [0.15, 0.2) is 0 Å². The Morgan fingerprint density at radius 3 is 2.37 bits per heavy atom. The molecule has 0 aromatic heterocycles. The van der Waals surface area contributed by atoms with Crippen LogP contribution in [-0.2, 0) is 4.79 Å². The van der Waals surface area contributed by atoms with Gasteiger partial charge in [0.2, 0.25) is 5.91 Å². The number of carbonyl (C=O) groups is 1. The molecule has 0 saturated heterocycles. The molecule has 0 aliphatic heterocycles. The maximum absolute atomic E-state index is 12.1. The molecule has 0 heterocycles. The van der Waals surface area contributed by atoms with Crippen LogP contribution in [0.4, 0.5) is 0 Å². The minimum atomic E-state index is -0.321. The van der Waals surface area contributed by atoms with Gasteiger partial charge in [-0.05, 0) is 32.6 Å². The van der Waals surface area contributed by atoms with E-state index in [1.165, 1.54) is 32.1 Å². The summed E-state index contributed by atoms with van der Waals surface area (Å²) in [6, 6.07) is 0. The van der Waals surface area contributed by atoms with Crippen molar-refractivity contribution in [3.63, 3.8) is 0 Å². The lowest BCUT2D eigenvalue weighted by Gasteiger charge is -2.26. The van der Waals surface area contributed by atoms with Gasteiger partial charge in [-0.2, -0.15) is 0 Å². The molecular formula is C15H31ClN2O. The second kappa shape index (κ2) is 8.80. The summed E-state index contributed by atoms with van der Waals surface area (Å²) in [4.78, 5) is 12.1. The van der Waals surface area contributed by atoms with Crippen molar-refractivity contribution >= 4 is 18.3 Å². The predicted octanol–water partition coefficient (Wildman–Crippen LogP) is 3.26. The van der Waals surface area contributed by atoms with Crippen molar-refractivity contribution in [3.8, 4) is 0 Å². The minimum absolute atomic E-state index is 0. The molecule has 1 amide bonds. The van der Waals surface area contributed by atoms with Crippen LogP contribution in [0.2, 0.25) is 0 Å². The van der Waals surface area contributed by atoms with Crippen molar-refractivity contribution in [1.82, 2.24) is 5.32 Å². The molecule has 4 heteroatoms. The fourth-order valence-electron chi connectivity index (χ4n) is 2.74. The molecule has 1 aliphatic carbocycles. The zero-order valence-corrected chi connectivity index (χ0v) is 13.5. The summed E-state index contributed by atoms with van der Waals surface area (Å²) in [6.07, 6.45) is 8.69. The lowest BCUT2D eigenvalue weighted by Crippen LogP contribution is -2.46. The zero-order chi connectivity index (χ0) is 13.6. The monoisotopic (exact) mass is 290 g/mol. The Labute approximate surface area is 124 Å². The number of nitrogens with one attached hydrogen (secondary N) is 1. The molecule has 19 heavy (non-hydrogen) atoms. The fourth-order valence-corrected chi connectivity index (χ4v) is 2.74. The van der Waals surface area contributed by atoms with Gasteiger partial charge in [0.25, 0.3) is 0 Å². The van der Waals surface area contributed by atoms with Crippen LogP contribution in [-0.4, -0.2) is 18.0 Å². The minimum Gasteiger partial charge on any atom is -0.354 e. The molecule has 0 aromatic rings. The van der Waals surface area contributed by atoms with Gasteiger partial charge >= 0.3 is 0 Å². The van der Waals surface area contributed by atoms with Gasteiger partial charge in [0.05, 0.1) is 0 Å². The normalized spacial score (nSPS) is 18.5. The van der Waals surface area contributed by atoms with Crippen LogP contribution in [0.1, 0.15) is 65.7 Å². The number of hydrogen-bond acceptors (Lipinski definition) is 2. The van der Waals surface area contributed by atoms with Gasteiger partial charge in [0.1, 0.15) is 0 Å². The molecule has 0 bridgehead atoms. The third kappa shape index (κ3) is 7.78. The van der Waals surface area contributed by atoms with E-state index in [1.807, 2.05) is 13.8 Å². The number of rotatable bonds is 6. The lowest BCUT2D eigenvalue weighted by molar-refractivity contribution is -0.126. The van der Waals surface area contributed by atoms with Crippen molar-refractivity contribution in [2.24, 2.45) is 17.6 Å². The van der Waals surface area contributed by atoms with Crippen molar-refractivity contribution < 1.29 is 4.79 Å². The van der Waals surface area contributed by atoms with Crippen LogP contribution in [0, 0.1) is 11.8 Å². The summed E-state index contributed by atoms with van der Waals surface area (Å²) < 4.78 is 0. The molecule has 1 rings (SSSR count). The highest BCUT2D eigenvalue weighted by atomic mass is 35.5. The summed E-state index contributed by atoms with van der Waals surface area (Å²) in [5.74, 6) is 1.14. The first-order chi connectivity index (χ1) is 8.42. The maximum atomic E-state index is 12.1. The molecule has 0 aromatic carbocycles. The van der Waals surface area contributed by atoms with E-state index >= 15 is 0 Å². The average molecular weight is 291 g/mol. The molecule has 0 radical (unpaired) electrons. The molecular weight excluding hydrogens is 260 g/mol. The quantitative estimate of drug-likeness (QED) is 0.789. The smallest absolute Gasteiger partial charge is 0.223 e. The van der Waals surface area contributed by atoms with Crippen LogP contribution in [0.3, 0.4) is 0 Å². The van der Waals surface area contributed by atoms with Crippen LogP contribution < -0.4 is 11.1 Å². The number of carbonyl (C=O) groups excluding carboxylic acids is 1. The fraction of sp³-hybridized carbons (Fsp3) is 0.933. The SMILES string of the molecule is CCC(CC1CCCCC1)C(=O)NCC(C)(C)N.Cl. The summed E-state index contributed by atoms with van der Waals surface area (Å²) >= 11 is 0. The predicted molar refractivity (Wildman–Crippen MR) is 83.5 cm³/mol. The second-order valence-electron chi connectivity index (χ2n) is 6.55. The Morgan fingerprint density at radius 1 is 1.32 bits per heavy atom. The summed E-state index contributed by atoms with van der Waals surface area (Å²) in [6.45, 7) is 6.55. The maximum Gasteiger partial charge on any atom is 0.223 e. The molecule has 1 fully saturated rings. The van der Waals surface area contributed by atoms with E-state index < -0.39 is 0 Å². The molecule has 3 N–H and O–H groups in total. The van der Waals surface area contributed by atoms with Crippen molar-refractivity contribution in [2.45, 2.75) is 71.3 Å². The first kappa shape index (κ1) is 18.7. The van der Waals surface area contributed by atoms with Gasteiger partial charge in [-0.25, -0.2) is 0 Å². The van der Waals surface area contributed by atoms with E-state index in [2.05, 4.69) is 12.2 Å². The molecule has 3 nitrogen and oxygen atoms in total. The second-order valence-corrected chi connectivity index (χ2v) is 6.55. The van der Waals surface area contributed by atoms with Gasteiger partial charge < -0.3 is 11.1 Å². The summed E-state index contributed by atoms with van der Waals surface area (Å²) in [7, 11) is 0. The van der Waals surface area contributed by atoms with Crippen LogP contribution in [0.5, 0.6) is 0 Å². The Bertz CT molecular complexity index is 257. The zero-order valence-electron chi connectivity index (χ0n) is 12.7. The highest BCUT2D eigenvalue weighted by molar-refractivity contribution is 5.85. The lowest BCUT2D eigenvalue weighted by atomic mass is 9.81. The average Bonchev–Trinajstić information content (AvgIpc) is 2.33. The molecule has 1 atom stereocenters. The molecule has 1 unspecified atom stereocenters. The van der Waals surface area contributed by atoms with E-state index in [-0.39, 0.29) is 29.8 Å². The number of amides is 1. The topological polar surface area (TPSA) is 55.1 Å². The molecule has 1 saturated carbocycles. The van der Waals surface area contributed by atoms with Gasteiger partial charge in [-0.15, -0.1) is 12.4 Å². The highest BCUT2D eigenvalue weighted by Gasteiger charge is 2.23. The van der Waals surface area contributed by atoms with E-state index in [1.54, 1.807) is 0 Å². The first-order valence-electron chi connectivity index (χ1n) is 7.49. The van der Waals surface area contributed by atoms with Gasteiger partial charge in [0, 0.05) is 18.0 Å². The largest absolute Gasteiger partial charge is 0.354 e. The summed E-state index contributed by atoms with van der Waals surface area (Å²) in [5.41, 5.74) is 5.57. The molecule has 1 aliphatic rings. The van der Waals surface area contributed by atoms with Gasteiger partial charge in [-0.3, -0.25) is 4.79 Å². The van der Waals surface area contributed by atoms with E-state index in [0.29, 0.717) is 6.54 Å². The van der Waals surface area contributed by atoms with E-state index in [0.717, 1.165) is 18.8 Å². The Hall–Kier alpha value is -0.280. The molecule has 0 spiro atoms.